The molecule has 1 saturated heterocycles. The van der Waals surface area contributed by atoms with Crippen LogP contribution in [0.4, 0.5) is 24.7 Å². The Balaban J connectivity index is 1.40. The van der Waals surface area contributed by atoms with E-state index in [4.69, 9.17) is 0 Å². The molecule has 0 saturated carbocycles. The number of amides is 2. The fourth-order valence-electron chi connectivity index (χ4n) is 3.93. The third-order valence-corrected chi connectivity index (χ3v) is 6.15. The molecule has 2 aromatic carbocycles. The van der Waals surface area contributed by atoms with Crippen LogP contribution in [0, 0.1) is 0 Å². The molecule has 2 amide bonds. The van der Waals surface area contributed by atoms with E-state index in [9.17, 15) is 22.8 Å². The number of hydrogen-bond donors (Lipinski definition) is 1. The third-order valence-electron chi connectivity index (χ3n) is 5.66. The Morgan fingerprint density at radius 3 is 2.46 bits per heavy atom. The summed E-state index contributed by atoms with van der Waals surface area (Å²) >= 11 is 3.39. The lowest BCUT2D eigenvalue weighted by molar-refractivity contribution is -0.137. The highest BCUT2D eigenvalue weighted by molar-refractivity contribution is 9.10. The third kappa shape index (κ3) is 6.00. The molecule has 0 unspecified atom stereocenters. The second-order valence-corrected chi connectivity index (χ2v) is 8.96. The van der Waals surface area contributed by atoms with Crippen LogP contribution in [0.2, 0.25) is 0 Å². The van der Waals surface area contributed by atoms with Crippen LogP contribution in [0.3, 0.4) is 0 Å². The first-order valence-corrected chi connectivity index (χ1v) is 11.7. The minimum Gasteiger partial charge on any atom is -0.355 e. The van der Waals surface area contributed by atoms with E-state index in [2.05, 4.69) is 26.2 Å². The first kappa shape index (κ1) is 24.7. The van der Waals surface area contributed by atoms with E-state index >= 15 is 0 Å². The average molecular weight is 547 g/mol. The van der Waals surface area contributed by atoms with Crippen LogP contribution in [0.5, 0.6) is 0 Å². The molecule has 0 bridgehead atoms. The number of halogens is 4. The zero-order valence-electron chi connectivity index (χ0n) is 18.6. The van der Waals surface area contributed by atoms with E-state index in [1.165, 1.54) is 18.3 Å². The van der Waals surface area contributed by atoms with Crippen molar-refractivity contribution in [1.29, 1.82) is 0 Å². The summed E-state index contributed by atoms with van der Waals surface area (Å²) in [5, 5.41) is 2.48. The highest BCUT2D eigenvalue weighted by Gasteiger charge is 2.34. The lowest BCUT2D eigenvalue weighted by Gasteiger charge is -2.23. The number of alkyl halides is 3. The van der Waals surface area contributed by atoms with Gasteiger partial charge in [-0.15, -0.1) is 0 Å². The molecule has 1 aliphatic heterocycles. The SMILES string of the molecule is O=C(Nc1ccc(N2CCCN(C(=O)c3cccc(Br)c3)CC2)nc1)c1ccccc1C(F)(F)F. The topological polar surface area (TPSA) is 65.5 Å². The Kier molecular flexibility index (Phi) is 7.39. The molecular weight excluding hydrogens is 525 g/mol. The van der Waals surface area contributed by atoms with Gasteiger partial charge in [-0.2, -0.15) is 13.2 Å². The summed E-state index contributed by atoms with van der Waals surface area (Å²) in [6, 6.07) is 15.2. The average Bonchev–Trinajstić information content (AvgIpc) is 3.10. The van der Waals surface area contributed by atoms with Gasteiger partial charge in [0, 0.05) is 36.2 Å². The first-order valence-electron chi connectivity index (χ1n) is 11.0. The molecule has 0 radical (unpaired) electrons. The number of pyridine rings is 1. The van der Waals surface area contributed by atoms with Gasteiger partial charge >= 0.3 is 6.18 Å². The Hall–Kier alpha value is -3.40. The number of hydrogen-bond acceptors (Lipinski definition) is 4. The van der Waals surface area contributed by atoms with Crippen LogP contribution in [-0.4, -0.2) is 47.9 Å². The number of aromatic nitrogens is 1. The summed E-state index contributed by atoms with van der Waals surface area (Å²) < 4.78 is 40.5. The summed E-state index contributed by atoms with van der Waals surface area (Å²) in [5.74, 6) is -0.224. The van der Waals surface area contributed by atoms with Crippen molar-refractivity contribution in [3.63, 3.8) is 0 Å². The van der Waals surface area contributed by atoms with Gasteiger partial charge in [-0.05, 0) is 48.9 Å². The lowest BCUT2D eigenvalue weighted by Crippen LogP contribution is -2.35. The van der Waals surface area contributed by atoms with E-state index < -0.39 is 23.2 Å². The monoisotopic (exact) mass is 546 g/mol. The number of carbonyl (C=O) groups is 2. The zero-order valence-corrected chi connectivity index (χ0v) is 20.1. The van der Waals surface area contributed by atoms with E-state index in [1.807, 2.05) is 21.9 Å². The lowest BCUT2D eigenvalue weighted by atomic mass is 10.1. The minimum atomic E-state index is -4.63. The fourth-order valence-corrected chi connectivity index (χ4v) is 4.33. The maximum atomic E-state index is 13.2. The molecule has 6 nitrogen and oxygen atoms in total. The van der Waals surface area contributed by atoms with Gasteiger partial charge in [0.1, 0.15) is 5.82 Å². The normalized spacial score (nSPS) is 14.4. The first-order chi connectivity index (χ1) is 16.7. The van der Waals surface area contributed by atoms with E-state index in [0.29, 0.717) is 37.6 Å². The molecule has 2 heterocycles. The minimum absolute atomic E-state index is 0.0293. The second-order valence-electron chi connectivity index (χ2n) is 8.05. The van der Waals surface area contributed by atoms with Crippen molar-refractivity contribution in [1.82, 2.24) is 9.88 Å². The molecule has 0 spiro atoms. The zero-order chi connectivity index (χ0) is 25.0. The van der Waals surface area contributed by atoms with Gasteiger partial charge in [-0.3, -0.25) is 9.59 Å². The van der Waals surface area contributed by atoms with Crippen molar-refractivity contribution < 1.29 is 22.8 Å². The van der Waals surface area contributed by atoms with E-state index in [1.54, 1.807) is 24.3 Å². The predicted molar refractivity (Wildman–Crippen MR) is 131 cm³/mol. The Morgan fingerprint density at radius 2 is 1.74 bits per heavy atom. The Bertz CT molecular complexity index is 1220. The van der Waals surface area contributed by atoms with Crippen molar-refractivity contribution in [2.75, 3.05) is 36.4 Å². The molecule has 1 aliphatic rings. The van der Waals surface area contributed by atoms with Crippen molar-refractivity contribution in [2.24, 2.45) is 0 Å². The summed E-state index contributed by atoms with van der Waals surface area (Å²) in [6.07, 6.45) is -2.46. The fraction of sp³-hybridized carbons (Fsp3) is 0.240. The van der Waals surface area contributed by atoms with Gasteiger partial charge in [0.05, 0.1) is 23.0 Å². The maximum Gasteiger partial charge on any atom is 0.417 e. The van der Waals surface area contributed by atoms with Crippen molar-refractivity contribution in [2.45, 2.75) is 12.6 Å². The van der Waals surface area contributed by atoms with Crippen molar-refractivity contribution in [3.8, 4) is 0 Å². The highest BCUT2D eigenvalue weighted by Crippen LogP contribution is 2.32. The van der Waals surface area contributed by atoms with Crippen LogP contribution in [0.25, 0.3) is 0 Å². The molecule has 35 heavy (non-hydrogen) atoms. The highest BCUT2D eigenvalue weighted by atomic mass is 79.9. The summed E-state index contributed by atoms with van der Waals surface area (Å²) in [7, 11) is 0. The number of nitrogens with one attached hydrogen (secondary N) is 1. The number of carbonyl (C=O) groups excluding carboxylic acids is 2. The van der Waals surface area contributed by atoms with Crippen LogP contribution >= 0.6 is 15.9 Å². The van der Waals surface area contributed by atoms with E-state index in [-0.39, 0.29) is 11.6 Å². The molecule has 0 atom stereocenters. The molecule has 182 valence electrons. The summed E-state index contributed by atoms with van der Waals surface area (Å²) in [5.41, 5.74) is -0.532. The molecule has 1 fully saturated rings. The number of rotatable bonds is 4. The van der Waals surface area contributed by atoms with Gasteiger partial charge in [-0.1, -0.05) is 34.1 Å². The molecule has 1 N–H and O–H groups in total. The van der Waals surface area contributed by atoms with Gasteiger partial charge in [0.2, 0.25) is 0 Å². The second kappa shape index (κ2) is 10.5. The summed E-state index contributed by atoms with van der Waals surface area (Å²) in [4.78, 5) is 33.6. The maximum absolute atomic E-state index is 13.2. The van der Waals surface area contributed by atoms with Gasteiger partial charge in [0.15, 0.2) is 0 Å². The standard InChI is InChI=1S/C25H22BrF3N4O2/c26-18-6-3-5-17(15-18)24(35)33-12-4-11-32(13-14-33)22-10-9-19(16-30-22)31-23(34)20-7-1-2-8-21(20)25(27,28)29/h1-3,5-10,15-16H,4,11-14H2,(H,31,34). The number of benzene rings is 2. The molecule has 1 aromatic heterocycles. The van der Waals surface area contributed by atoms with Crippen molar-refractivity contribution in [3.05, 3.63) is 88.0 Å². The molecule has 10 heteroatoms. The molecule has 0 aliphatic carbocycles. The van der Waals surface area contributed by atoms with Crippen LogP contribution < -0.4 is 10.2 Å². The summed E-state index contributed by atoms with van der Waals surface area (Å²) in [6.45, 7) is 2.42. The quantitative estimate of drug-likeness (QED) is 0.471. The molecule has 4 rings (SSSR count). The van der Waals surface area contributed by atoms with Gasteiger partial charge in [0.25, 0.3) is 11.8 Å². The van der Waals surface area contributed by atoms with Crippen LogP contribution in [0.15, 0.2) is 71.3 Å². The van der Waals surface area contributed by atoms with Crippen LogP contribution in [-0.2, 0) is 6.18 Å². The van der Waals surface area contributed by atoms with E-state index in [0.717, 1.165) is 23.0 Å². The number of nitrogens with zero attached hydrogens (tertiary/aromatic N) is 3. The smallest absolute Gasteiger partial charge is 0.355 e. The Morgan fingerprint density at radius 1 is 0.943 bits per heavy atom. The molecular formula is C25H22BrF3N4O2. The number of anilines is 2. The predicted octanol–water partition coefficient (Wildman–Crippen LogP) is 5.47. The Labute approximate surface area is 208 Å². The van der Waals surface area contributed by atoms with Crippen LogP contribution in [0.1, 0.15) is 32.7 Å². The largest absolute Gasteiger partial charge is 0.417 e. The van der Waals surface area contributed by atoms with Crippen molar-refractivity contribution >= 4 is 39.2 Å². The molecule has 3 aromatic rings. The van der Waals surface area contributed by atoms with Gasteiger partial charge in [-0.25, -0.2) is 4.98 Å². The van der Waals surface area contributed by atoms with Gasteiger partial charge < -0.3 is 15.1 Å².